The molecule has 0 spiro atoms. The Morgan fingerprint density at radius 1 is 1.29 bits per heavy atom. The van der Waals surface area contributed by atoms with Gasteiger partial charge in [-0.1, -0.05) is 18.2 Å². The number of anilines is 1. The van der Waals surface area contributed by atoms with E-state index in [2.05, 4.69) is 17.5 Å². The molecule has 1 saturated carbocycles. The van der Waals surface area contributed by atoms with Crippen molar-refractivity contribution in [2.45, 2.75) is 24.7 Å². The maximum Gasteiger partial charge on any atom is 0.238 e. The molecular formula is C15H18N2O3S. The molecule has 1 aromatic carbocycles. The molecule has 1 fully saturated rings. The van der Waals surface area contributed by atoms with Gasteiger partial charge in [-0.2, -0.15) is 0 Å². The highest BCUT2D eigenvalue weighted by atomic mass is 32.2. The van der Waals surface area contributed by atoms with E-state index in [1.54, 1.807) is 19.1 Å². The number of carbonyl (C=O) groups is 1. The zero-order valence-corrected chi connectivity index (χ0v) is 12.6. The molecule has 0 saturated heterocycles. The highest BCUT2D eigenvalue weighted by Crippen LogP contribution is 2.43. The van der Waals surface area contributed by atoms with E-state index in [1.807, 2.05) is 0 Å². The van der Waals surface area contributed by atoms with Gasteiger partial charge in [0.2, 0.25) is 15.9 Å². The van der Waals surface area contributed by atoms with Crippen molar-refractivity contribution in [2.75, 3.05) is 5.32 Å². The van der Waals surface area contributed by atoms with Crippen LogP contribution in [0.25, 0.3) is 0 Å². The van der Waals surface area contributed by atoms with Crippen LogP contribution >= 0.6 is 0 Å². The van der Waals surface area contributed by atoms with Crippen LogP contribution in [0.4, 0.5) is 5.69 Å². The van der Waals surface area contributed by atoms with E-state index in [-0.39, 0.29) is 16.7 Å². The molecule has 2 aliphatic carbocycles. The van der Waals surface area contributed by atoms with E-state index < -0.39 is 10.0 Å². The number of rotatable bonds is 3. The fourth-order valence-corrected chi connectivity index (χ4v) is 4.17. The Morgan fingerprint density at radius 2 is 2.05 bits per heavy atom. The molecule has 3 atom stereocenters. The molecule has 3 rings (SSSR count). The predicted octanol–water partition coefficient (Wildman–Crippen LogP) is 1.79. The van der Waals surface area contributed by atoms with Gasteiger partial charge in [-0.25, -0.2) is 13.6 Å². The van der Waals surface area contributed by atoms with Crippen molar-refractivity contribution in [3.05, 3.63) is 35.9 Å². The third kappa shape index (κ3) is 2.61. The number of amides is 1. The largest absolute Gasteiger partial charge is 0.326 e. The second kappa shape index (κ2) is 4.96. The lowest BCUT2D eigenvalue weighted by atomic mass is 9.92. The first-order chi connectivity index (χ1) is 9.86. The molecule has 3 unspecified atom stereocenters. The first-order valence-electron chi connectivity index (χ1n) is 6.98. The predicted molar refractivity (Wildman–Crippen MR) is 80.0 cm³/mol. The first-order valence-corrected chi connectivity index (χ1v) is 8.52. The third-order valence-electron chi connectivity index (χ3n) is 4.46. The van der Waals surface area contributed by atoms with Gasteiger partial charge in [-0.3, -0.25) is 4.79 Å². The molecule has 1 aromatic rings. The minimum absolute atomic E-state index is 0.0162. The van der Waals surface area contributed by atoms with E-state index in [4.69, 9.17) is 5.14 Å². The van der Waals surface area contributed by atoms with Crippen LogP contribution in [0.5, 0.6) is 0 Å². The molecule has 3 N–H and O–H groups in total. The second-order valence-corrected chi connectivity index (χ2v) is 7.38. The van der Waals surface area contributed by atoms with Gasteiger partial charge in [0.15, 0.2) is 0 Å². The molecule has 0 aromatic heterocycles. The molecule has 2 bridgehead atoms. The smallest absolute Gasteiger partial charge is 0.238 e. The standard InChI is InChI=1S/C15H18N2O3S/c1-9-13(3-2-4-14(9)21(16,19)20)17-15(18)12-8-10-5-6-11(12)7-10/h2-6,10-12H,7-8H2,1H3,(H,17,18)(H2,16,19,20). The summed E-state index contributed by atoms with van der Waals surface area (Å²) in [6.45, 7) is 1.65. The topological polar surface area (TPSA) is 89.3 Å². The Balaban J connectivity index is 1.83. The Hall–Kier alpha value is -1.66. The zero-order valence-electron chi connectivity index (χ0n) is 11.7. The summed E-state index contributed by atoms with van der Waals surface area (Å²) in [7, 11) is -3.78. The van der Waals surface area contributed by atoms with Crippen LogP contribution < -0.4 is 10.5 Å². The minimum Gasteiger partial charge on any atom is -0.326 e. The van der Waals surface area contributed by atoms with E-state index in [9.17, 15) is 13.2 Å². The summed E-state index contributed by atoms with van der Waals surface area (Å²) in [5.41, 5.74) is 0.991. The molecule has 21 heavy (non-hydrogen) atoms. The lowest BCUT2D eigenvalue weighted by Crippen LogP contribution is -2.26. The summed E-state index contributed by atoms with van der Waals surface area (Å²) in [5, 5.41) is 8.04. The highest BCUT2D eigenvalue weighted by Gasteiger charge is 2.39. The summed E-state index contributed by atoms with van der Waals surface area (Å²) < 4.78 is 23.0. The third-order valence-corrected chi connectivity index (χ3v) is 5.52. The van der Waals surface area contributed by atoms with Crippen LogP contribution in [0.15, 0.2) is 35.2 Å². The Kier molecular flexibility index (Phi) is 3.37. The van der Waals surface area contributed by atoms with Crippen molar-refractivity contribution in [3.8, 4) is 0 Å². The number of allylic oxidation sites excluding steroid dienone is 2. The summed E-state index contributed by atoms with van der Waals surface area (Å²) >= 11 is 0. The van der Waals surface area contributed by atoms with Gasteiger partial charge >= 0.3 is 0 Å². The van der Waals surface area contributed by atoms with Gasteiger partial charge in [-0.15, -0.1) is 0 Å². The van der Waals surface area contributed by atoms with Crippen LogP contribution in [0.3, 0.4) is 0 Å². The monoisotopic (exact) mass is 306 g/mol. The normalized spacial score (nSPS) is 27.0. The molecule has 2 aliphatic rings. The first kappa shape index (κ1) is 14.3. The van der Waals surface area contributed by atoms with Crippen LogP contribution in [0, 0.1) is 24.7 Å². The van der Waals surface area contributed by atoms with Crippen molar-refractivity contribution < 1.29 is 13.2 Å². The number of nitrogens with two attached hydrogens (primary N) is 1. The number of sulfonamides is 1. The van der Waals surface area contributed by atoms with Crippen molar-refractivity contribution in [2.24, 2.45) is 22.9 Å². The molecule has 5 nitrogen and oxygen atoms in total. The number of hydrogen-bond donors (Lipinski definition) is 2. The molecule has 0 heterocycles. The summed E-state index contributed by atoms with van der Waals surface area (Å²) in [6, 6.07) is 4.73. The van der Waals surface area contributed by atoms with Crippen molar-refractivity contribution in [3.63, 3.8) is 0 Å². The van der Waals surface area contributed by atoms with Crippen LogP contribution in [-0.4, -0.2) is 14.3 Å². The van der Waals surface area contributed by atoms with Gasteiger partial charge in [-0.05, 0) is 49.3 Å². The summed E-state index contributed by atoms with van der Waals surface area (Å²) in [6.07, 6.45) is 6.22. The van der Waals surface area contributed by atoms with E-state index in [0.29, 0.717) is 23.1 Å². The number of benzene rings is 1. The average molecular weight is 306 g/mol. The number of fused-ring (bicyclic) bond motifs is 2. The van der Waals surface area contributed by atoms with E-state index >= 15 is 0 Å². The van der Waals surface area contributed by atoms with Crippen LogP contribution in [0.2, 0.25) is 0 Å². The van der Waals surface area contributed by atoms with Crippen LogP contribution in [0.1, 0.15) is 18.4 Å². The Labute approximate surface area is 124 Å². The number of nitrogens with one attached hydrogen (secondary N) is 1. The van der Waals surface area contributed by atoms with Crippen molar-refractivity contribution in [1.82, 2.24) is 0 Å². The fraction of sp³-hybridized carbons (Fsp3) is 0.400. The van der Waals surface area contributed by atoms with Crippen molar-refractivity contribution >= 4 is 21.6 Å². The van der Waals surface area contributed by atoms with Crippen molar-refractivity contribution in [1.29, 1.82) is 0 Å². The number of carbonyl (C=O) groups excluding carboxylic acids is 1. The van der Waals surface area contributed by atoms with Crippen LogP contribution in [-0.2, 0) is 14.8 Å². The van der Waals surface area contributed by atoms with Gasteiger partial charge < -0.3 is 5.32 Å². The lowest BCUT2D eigenvalue weighted by molar-refractivity contribution is -0.120. The van der Waals surface area contributed by atoms with E-state index in [1.165, 1.54) is 6.07 Å². The number of hydrogen-bond acceptors (Lipinski definition) is 3. The Morgan fingerprint density at radius 3 is 2.62 bits per heavy atom. The number of primary sulfonamides is 1. The fourth-order valence-electron chi connectivity index (χ4n) is 3.37. The Bertz CT molecular complexity index is 724. The highest BCUT2D eigenvalue weighted by molar-refractivity contribution is 7.89. The second-order valence-electron chi connectivity index (χ2n) is 5.85. The molecule has 1 amide bonds. The summed E-state index contributed by atoms with van der Waals surface area (Å²) in [5.74, 6) is 0.776. The summed E-state index contributed by atoms with van der Waals surface area (Å²) in [4.78, 5) is 12.4. The van der Waals surface area contributed by atoms with Gasteiger partial charge in [0.05, 0.1) is 4.90 Å². The van der Waals surface area contributed by atoms with Gasteiger partial charge in [0, 0.05) is 11.6 Å². The zero-order chi connectivity index (χ0) is 15.2. The van der Waals surface area contributed by atoms with Gasteiger partial charge in [0.1, 0.15) is 0 Å². The van der Waals surface area contributed by atoms with E-state index in [0.717, 1.165) is 12.8 Å². The SMILES string of the molecule is Cc1c(NC(=O)C2CC3C=CC2C3)cccc1S(N)(=O)=O. The average Bonchev–Trinajstić information content (AvgIpc) is 3.02. The maximum atomic E-state index is 12.4. The molecule has 0 aliphatic heterocycles. The minimum atomic E-state index is -3.78. The quantitative estimate of drug-likeness (QED) is 0.834. The van der Waals surface area contributed by atoms with Gasteiger partial charge in [0.25, 0.3) is 0 Å². The molecular weight excluding hydrogens is 288 g/mol. The molecule has 112 valence electrons. The molecule has 6 heteroatoms. The molecule has 0 radical (unpaired) electrons. The maximum absolute atomic E-state index is 12.4. The lowest BCUT2D eigenvalue weighted by Gasteiger charge is -2.19.